The van der Waals surface area contributed by atoms with E-state index in [2.05, 4.69) is 20.2 Å². The minimum Gasteiger partial charge on any atom is -0.366 e. The Bertz CT molecular complexity index is 1730. The number of thioether (sulfide) groups is 1. The van der Waals surface area contributed by atoms with Crippen LogP contribution >= 0.6 is 23.1 Å². The van der Waals surface area contributed by atoms with Crippen molar-refractivity contribution in [2.45, 2.75) is 17.1 Å². The normalized spacial score (nSPS) is 13.9. The van der Waals surface area contributed by atoms with Crippen LogP contribution in [0.15, 0.2) is 83.6 Å². The molecule has 1 aliphatic heterocycles. The van der Waals surface area contributed by atoms with E-state index in [1.807, 2.05) is 4.90 Å². The smallest absolute Gasteiger partial charge is 0.366 e. The van der Waals surface area contributed by atoms with Crippen molar-refractivity contribution in [1.29, 1.82) is 0 Å². The fraction of sp³-hybridized carbons (Fsp3) is 0.207. The second kappa shape index (κ2) is 12.1. The van der Waals surface area contributed by atoms with Crippen molar-refractivity contribution in [2.75, 3.05) is 31.1 Å². The number of pyridine rings is 1. The number of piperazine rings is 1. The number of carbonyl (C=O) groups excluding carboxylic acids is 1. The van der Waals surface area contributed by atoms with E-state index in [1.54, 1.807) is 63.6 Å². The average Bonchev–Trinajstić information content (AvgIpc) is 3.68. The number of carbonyl (C=O) groups is 1. The standard InChI is InChI=1S/C29H23F4N7OS2/c30-22-8-1-2-9-24(22)38-11-13-39(14-12-38)27(41)23-17-42-25(35-23)18-43-28-37-36-26(19-5-4-10-34-16-19)40(28)21-7-3-6-20(15-21)29(31,32)33/h1-10,15-17H,11-14,18H2. The van der Waals surface area contributed by atoms with Crippen LogP contribution in [0.5, 0.6) is 0 Å². The molecule has 0 N–H and O–H groups in total. The van der Waals surface area contributed by atoms with Crippen LogP contribution in [0.25, 0.3) is 17.1 Å². The summed E-state index contributed by atoms with van der Waals surface area (Å²) >= 11 is 2.57. The molecule has 5 aromatic rings. The van der Waals surface area contributed by atoms with Crippen LogP contribution in [0.1, 0.15) is 21.1 Å². The summed E-state index contributed by atoms with van der Waals surface area (Å²) in [6.45, 7) is 1.88. The Morgan fingerprint density at radius 3 is 2.53 bits per heavy atom. The molecule has 0 saturated carbocycles. The van der Waals surface area contributed by atoms with Gasteiger partial charge in [0.2, 0.25) is 0 Å². The first-order valence-electron chi connectivity index (χ1n) is 13.2. The molecular weight excluding hydrogens is 602 g/mol. The van der Waals surface area contributed by atoms with Crippen molar-refractivity contribution in [1.82, 2.24) is 29.6 Å². The number of para-hydroxylation sites is 1. The van der Waals surface area contributed by atoms with Crippen molar-refractivity contribution in [3.63, 3.8) is 0 Å². The Morgan fingerprint density at radius 2 is 1.79 bits per heavy atom. The summed E-state index contributed by atoms with van der Waals surface area (Å²) in [5, 5.41) is 11.2. The van der Waals surface area contributed by atoms with E-state index < -0.39 is 11.7 Å². The van der Waals surface area contributed by atoms with Gasteiger partial charge in [-0.05, 0) is 42.5 Å². The summed E-state index contributed by atoms with van der Waals surface area (Å²) in [6, 6.07) is 15.0. The zero-order chi connectivity index (χ0) is 30.0. The summed E-state index contributed by atoms with van der Waals surface area (Å²) < 4.78 is 56.3. The lowest BCUT2D eigenvalue weighted by molar-refractivity contribution is -0.137. The third kappa shape index (κ3) is 6.25. The highest BCUT2D eigenvalue weighted by atomic mass is 32.2. The summed E-state index contributed by atoms with van der Waals surface area (Å²) in [5.41, 5.74) is 0.898. The molecule has 14 heteroatoms. The lowest BCUT2D eigenvalue weighted by atomic mass is 10.2. The molecule has 0 atom stereocenters. The summed E-state index contributed by atoms with van der Waals surface area (Å²) in [6.07, 6.45) is -1.36. The maximum absolute atomic E-state index is 14.2. The summed E-state index contributed by atoms with van der Waals surface area (Å²) in [7, 11) is 0. The predicted octanol–water partition coefficient (Wildman–Crippen LogP) is 6.20. The highest BCUT2D eigenvalue weighted by Crippen LogP contribution is 2.34. The van der Waals surface area contributed by atoms with Crippen LogP contribution < -0.4 is 4.90 Å². The summed E-state index contributed by atoms with van der Waals surface area (Å²) in [4.78, 5) is 25.4. The van der Waals surface area contributed by atoms with Crippen LogP contribution in [0.4, 0.5) is 23.2 Å². The molecule has 1 fully saturated rings. The van der Waals surface area contributed by atoms with Gasteiger partial charge in [0, 0.05) is 49.5 Å². The van der Waals surface area contributed by atoms with Gasteiger partial charge in [-0.15, -0.1) is 21.5 Å². The second-order valence-electron chi connectivity index (χ2n) is 9.58. The molecule has 8 nitrogen and oxygen atoms in total. The molecule has 0 radical (unpaired) electrons. The van der Waals surface area contributed by atoms with E-state index in [9.17, 15) is 22.4 Å². The number of nitrogens with zero attached hydrogens (tertiary/aromatic N) is 7. The number of aromatic nitrogens is 5. The van der Waals surface area contributed by atoms with E-state index in [0.29, 0.717) is 64.9 Å². The molecule has 43 heavy (non-hydrogen) atoms. The Balaban J connectivity index is 1.17. The third-order valence-corrected chi connectivity index (χ3v) is 8.81. The SMILES string of the molecule is O=C(c1csc(CSc2nnc(-c3cccnc3)n2-c2cccc(C(F)(F)F)c2)n1)N1CCN(c2ccccc2F)CC1. The van der Waals surface area contributed by atoms with Gasteiger partial charge in [0.05, 0.1) is 22.7 Å². The van der Waals surface area contributed by atoms with Gasteiger partial charge in [-0.25, -0.2) is 9.37 Å². The van der Waals surface area contributed by atoms with Gasteiger partial charge in [-0.2, -0.15) is 13.2 Å². The van der Waals surface area contributed by atoms with Crippen molar-refractivity contribution in [2.24, 2.45) is 0 Å². The molecule has 4 heterocycles. The minimum absolute atomic E-state index is 0.202. The first-order chi connectivity index (χ1) is 20.8. The Morgan fingerprint density at radius 1 is 0.977 bits per heavy atom. The zero-order valence-corrected chi connectivity index (χ0v) is 24.0. The van der Waals surface area contributed by atoms with Gasteiger partial charge in [0.15, 0.2) is 11.0 Å². The molecule has 0 unspecified atom stereocenters. The molecule has 0 aliphatic carbocycles. The lowest BCUT2D eigenvalue weighted by Gasteiger charge is -2.35. The van der Waals surface area contributed by atoms with Crippen LogP contribution in [0.3, 0.4) is 0 Å². The maximum Gasteiger partial charge on any atom is 0.416 e. The lowest BCUT2D eigenvalue weighted by Crippen LogP contribution is -2.49. The Hall–Kier alpha value is -4.30. The number of alkyl halides is 3. The van der Waals surface area contributed by atoms with Crippen LogP contribution in [-0.4, -0.2) is 61.7 Å². The van der Waals surface area contributed by atoms with E-state index >= 15 is 0 Å². The highest BCUT2D eigenvalue weighted by molar-refractivity contribution is 7.98. The van der Waals surface area contributed by atoms with E-state index in [-0.39, 0.29) is 17.4 Å². The van der Waals surface area contributed by atoms with Crippen LogP contribution in [0.2, 0.25) is 0 Å². The highest BCUT2D eigenvalue weighted by Gasteiger charge is 2.31. The minimum atomic E-state index is -4.51. The van der Waals surface area contributed by atoms with Crippen molar-refractivity contribution in [3.8, 4) is 17.1 Å². The number of hydrogen-bond donors (Lipinski definition) is 0. The quantitative estimate of drug-likeness (QED) is 0.158. The predicted molar refractivity (Wildman–Crippen MR) is 156 cm³/mol. The molecule has 3 aromatic heterocycles. The van der Waals surface area contributed by atoms with Gasteiger partial charge < -0.3 is 9.80 Å². The molecular formula is C29H23F4N7OS2. The molecule has 0 bridgehead atoms. The Kier molecular flexibility index (Phi) is 8.13. The van der Waals surface area contributed by atoms with Gasteiger partial charge >= 0.3 is 6.18 Å². The molecule has 1 saturated heterocycles. The number of thiazole rings is 1. The average molecular weight is 626 g/mol. The zero-order valence-electron chi connectivity index (χ0n) is 22.4. The van der Waals surface area contributed by atoms with Crippen molar-refractivity contribution in [3.05, 3.63) is 101 Å². The van der Waals surface area contributed by atoms with Gasteiger partial charge in [0.25, 0.3) is 5.91 Å². The van der Waals surface area contributed by atoms with E-state index in [4.69, 9.17) is 0 Å². The number of hydrogen-bond acceptors (Lipinski definition) is 8. The van der Waals surface area contributed by atoms with E-state index in [0.717, 1.165) is 12.1 Å². The number of benzene rings is 2. The molecule has 2 aromatic carbocycles. The number of amides is 1. The number of halogens is 4. The maximum atomic E-state index is 14.2. The largest absolute Gasteiger partial charge is 0.416 e. The fourth-order valence-corrected chi connectivity index (χ4v) is 6.46. The summed E-state index contributed by atoms with van der Waals surface area (Å²) in [5.74, 6) is 0.176. The monoisotopic (exact) mass is 625 g/mol. The van der Waals surface area contributed by atoms with Crippen LogP contribution in [0, 0.1) is 5.82 Å². The first kappa shape index (κ1) is 28.8. The van der Waals surface area contributed by atoms with Gasteiger partial charge in [-0.3, -0.25) is 14.3 Å². The number of rotatable bonds is 7. The van der Waals surface area contributed by atoms with Crippen molar-refractivity contribution < 1.29 is 22.4 Å². The molecule has 220 valence electrons. The third-order valence-electron chi connectivity index (χ3n) is 6.84. The molecule has 6 rings (SSSR count). The molecule has 1 amide bonds. The van der Waals surface area contributed by atoms with Crippen molar-refractivity contribution >= 4 is 34.7 Å². The van der Waals surface area contributed by atoms with Gasteiger partial charge in [-0.1, -0.05) is 30.0 Å². The molecule has 0 spiro atoms. The number of anilines is 1. The second-order valence-corrected chi connectivity index (χ2v) is 11.5. The fourth-order valence-electron chi connectivity index (χ4n) is 4.72. The topological polar surface area (TPSA) is 80.0 Å². The first-order valence-corrected chi connectivity index (χ1v) is 15.0. The van der Waals surface area contributed by atoms with Crippen LogP contribution in [-0.2, 0) is 11.9 Å². The molecule has 1 aliphatic rings. The Labute approximate surface area is 252 Å². The van der Waals surface area contributed by atoms with Gasteiger partial charge in [0.1, 0.15) is 16.5 Å². The van der Waals surface area contributed by atoms with E-state index in [1.165, 1.54) is 35.2 Å².